The third kappa shape index (κ3) is 3.65. The highest BCUT2D eigenvalue weighted by Crippen LogP contribution is 2.19. The largest absolute Gasteiger partial charge is 0.350 e. The number of amides is 1. The average Bonchev–Trinajstić information content (AvgIpc) is 2.21. The molecule has 0 aromatic heterocycles. The second-order valence-electron chi connectivity index (χ2n) is 3.41. The number of carbonyl (C=O) groups excluding carboxylic acids is 1. The van der Waals surface area contributed by atoms with Crippen LogP contribution < -0.4 is 5.32 Å². The Labute approximate surface area is 109 Å². The quantitative estimate of drug-likeness (QED) is 0.841. The summed E-state index contributed by atoms with van der Waals surface area (Å²) in [5, 5.41) is 3.58. The van der Waals surface area contributed by atoms with E-state index in [1.165, 1.54) is 0 Å². The van der Waals surface area contributed by atoms with Crippen molar-refractivity contribution >= 4 is 40.1 Å². The third-order valence-electron chi connectivity index (χ3n) is 2.17. The molecule has 1 aromatic carbocycles. The molecular formula is C11H13ClINO. The summed E-state index contributed by atoms with van der Waals surface area (Å²) >= 11 is 7.99. The molecule has 1 N–H and O–H groups in total. The Morgan fingerprint density at radius 2 is 2.27 bits per heavy atom. The van der Waals surface area contributed by atoms with Crippen molar-refractivity contribution in [2.45, 2.75) is 26.3 Å². The van der Waals surface area contributed by atoms with E-state index in [2.05, 4.69) is 27.9 Å². The van der Waals surface area contributed by atoms with Gasteiger partial charge in [-0.3, -0.25) is 4.79 Å². The number of rotatable bonds is 3. The predicted octanol–water partition coefficient (Wildman–Crippen LogP) is 3.47. The summed E-state index contributed by atoms with van der Waals surface area (Å²) in [6.07, 6.45) is 0.927. The standard InChI is InChI=1S/C11H13ClINO/c1-3-7(2)14-11(15)8-4-5-9(12)10(13)6-8/h4-7H,3H2,1-2H3,(H,14,15). The van der Waals surface area contributed by atoms with Gasteiger partial charge in [0.25, 0.3) is 5.91 Å². The van der Waals surface area contributed by atoms with Gasteiger partial charge in [-0.2, -0.15) is 0 Å². The van der Waals surface area contributed by atoms with Crippen molar-refractivity contribution in [3.05, 3.63) is 32.4 Å². The molecule has 0 saturated carbocycles. The minimum absolute atomic E-state index is 0.0427. The van der Waals surface area contributed by atoms with Crippen molar-refractivity contribution in [1.29, 1.82) is 0 Å². The summed E-state index contributed by atoms with van der Waals surface area (Å²) < 4.78 is 0.895. The van der Waals surface area contributed by atoms with Crippen molar-refractivity contribution in [1.82, 2.24) is 5.32 Å². The van der Waals surface area contributed by atoms with E-state index in [0.29, 0.717) is 10.6 Å². The zero-order chi connectivity index (χ0) is 11.4. The number of nitrogens with one attached hydrogen (secondary N) is 1. The zero-order valence-corrected chi connectivity index (χ0v) is 11.6. The highest BCUT2D eigenvalue weighted by Gasteiger charge is 2.09. The maximum atomic E-state index is 11.7. The van der Waals surface area contributed by atoms with Crippen LogP contribution in [0.15, 0.2) is 18.2 Å². The van der Waals surface area contributed by atoms with E-state index in [9.17, 15) is 4.79 Å². The molecule has 0 aliphatic heterocycles. The first kappa shape index (κ1) is 12.8. The fourth-order valence-corrected chi connectivity index (χ4v) is 1.68. The molecule has 1 aromatic rings. The summed E-state index contributed by atoms with van der Waals surface area (Å²) in [5.41, 5.74) is 0.657. The summed E-state index contributed by atoms with van der Waals surface area (Å²) in [5.74, 6) is -0.0427. The summed E-state index contributed by atoms with van der Waals surface area (Å²) in [4.78, 5) is 11.7. The van der Waals surface area contributed by atoms with Gasteiger partial charge in [0, 0.05) is 15.2 Å². The fourth-order valence-electron chi connectivity index (χ4n) is 1.05. The number of halogens is 2. The molecule has 0 heterocycles. The monoisotopic (exact) mass is 337 g/mol. The van der Waals surface area contributed by atoms with E-state index >= 15 is 0 Å². The highest BCUT2D eigenvalue weighted by molar-refractivity contribution is 14.1. The molecule has 82 valence electrons. The topological polar surface area (TPSA) is 29.1 Å². The molecule has 15 heavy (non-hydrogen) atoms. The molecule has 0 aliphatic carbocycles. The lowest BCUT2D eigenvalue weighted by atomic mass is 10.2. The van der Waals surface area contributed by atoms with Crippen LogP contribution in [0.1, 0.15) is 30.6 Å². The summed E-state index contributed by atoms with van der Waals surface area (Å²) in [6, 6.07) is 5.48. The molecule has 0 saturated heterocycles. The van der Waals surface area contributed by atoms with E-state index in [4.69, 9.17) is 11.6 Å². The molecule has 0 bridgehead atoms. The van der Waals surface area contributed by atoms with E-state index < -0.39 is 0 Å². The van der Waals surface area contributed by atoms with Crippen molar-refractivity contribution in [2.75, 3.05) is 0 Å². The summed E-state index contributed by atoms with van der Waals surface area (Å²) in [6.45, 7) is 4.02. The molecule has 0 aliphatic rings. The van der Waals surface area contributed by atoms with Gasteiger partial charge in [0.1, 0.15) is 0 Å². The molecular weight excluding hydrogens is 324 g/mol. The van der Waals surface area contributed by atoms with Gasteiger partial charge in [0.15, 0.2) is 0 Å². The normalized spacial score (nSPS) is 12.3. The highest BCUT2D eigenvalue weighted by atomic mass is 127. The number of carbonyl (C=O) groups is 1. The van der Waals surface area contributed by atoms with Crippen molar-refractivity contribution in [3.63, 3.8) is 0 Å². The summed E-state index contributed by atoms with van der Waals surface area (Å²) in [7, 11) is 0. The molecule has 1 unspecified atom stereocenters. The van der Waals surface area contributed by atoms with Crippen LogP contribution >= 0.6 is 34.2 Å². The maximum absolute atomic E-state index is 11.7. The lowest BCUT2D eigenvalue weighted by molar-refractivity contribution is 0.0939. The Kier molecular flexibility index (Phi) is 4.86. The molecule has 1 amide bonds. The second kappa shape index (κ2) is 5.70. The third-order valence-corrected chi connectivity index (χ3v) is 3.71. The van der Waals surface area contributed by atoms with Gasteiger partial charge in [-0.15, -0.1) is 0 Å². The Morgan fingerprint density at radius 1 is 1.60 bits per heavy atom. The zero-order valence-electron chi connectivity index (χ0n) is 8.68. The van der Waals surface area contributed by atoms with E-state index in [1.807, 2.05) is 13.8 Å². The fraction of sp³-hybridized carbons (Fsp3) is 0.364. The maximum Gasteiger partial charge on any atom is 0.251 e. The lowest BCUT2D eigenvalue weighted by Gasteiger charge is -2.11. The second-order valence-corrected chi connectivity index (χ2v) is 4.98. The average molecular weight is 338 g/mol. The molecule has 0 fully saturated rings. The Balaban J connectivity index is 2.78. The first-order valence-electron chi connectivity index (χ1n) is 4.80. The van der Waals surface area contributed by atoms with Crippen LogP contribution in [-0.4, -0.2) is 11.9 Å². The van der Waals surface area contributed by atoms with Gasteiger partial charge >= 0.3 is 0 Å². The van der Waals surface area contributed by atoms with Crippen molar-refractivity contribution < 1.29 is 4.79 Å². The smallest absolute Gasteiger partial charge is 0.251 e. The van der Waals surface area contributed by atoms with E-state index in [-0.39, 0.29) is 11.9 Å². The molecule has 4 heteroatoms. The SMILES string of the molecule is CCC(C)NC(=O)c1ccc(Cl)c(I)c1. The Morgan fingerprint density at radius 3 is 2.80 bits per heavy atom. The minimum Gasteiger partial charge on any atom is -0.350 e. The molecule has 0 spiro atoms. The lowest BCUT2D eigenvalue weighted by Crippen LogP contribution is -2.31. The molecule has 1 atom stereocenters. The minimum atomic E-state index is -0.0427. The van der Waals surface area contributed by atoms with Gasteiger partial charge in [0.2, 0.25) is 0 Å². The molecule has 1 rings (SSSR count). The molecule has 0 radical (unpaired) electrons. The van der Waals surface area contributed by atoms with E-state index in [0.717, 1.165) is 9.99 Å². The van der Waals surface area contributed by atoms with E-state index in [1.54, 1.807) is 18.2 Å². The number of hydrogen-bond donors (Lipinski definition) is 1. The van der Waals surface area contributed by atoms with Crippen LogP contribution in [0, 0.1) is 3.57 Å². The van der Waals surface area contributed by atoms with Gasteiger partial charge in [-0.25, -0.2) is 0 Å². The van der Waals surface area contributed by atoms with Crippen LogP contribution in [0.25, 0.3) is 0 Å². The van der Waals surface area contributed by atoms with Gasteiger partial charge in [0.05, 0.1) is 5.02 Å². The first-order valence-corrected chi connectivity index (χ1v) is 6.26. The van der Waals surface area contributed by atoms with Crippen LogP contribution in [0.3, 0.4) is 0 Å². The Bertz CT molecular complexity index is 368. The van der Waals surface area contributed by atoms with Crippen molar-refractivity contribution in [3.8, 4) is 0 Å². The van der Waals surface area contributed by atoms with Crippen molar-refractivity contribution in [2.24, 2.45) is 0 Å². The van der Waals surface area contributed by atoms with Crippen LogP contribution in [0.2, 0.25) is 5.02 Å². The van der Waals surface area contributed by atoms with Crippen LogP contribution in [0.5, 0.6) is 0 Å². The Hall–Kier alpha value is -0.290. The van der Waals surface area contributed by atoms with Gasteiger partial charge < -0.3 is 5.32 Å². The first-order chi connectivity index (χ1) is 7.04. The molecule has 2 nitrogen and oxygen atoms in total. The van der Waals surface area contributed by atoms with Gasteiger partial charge in [-0.1, -0.05) is 18.5 Å². The number of hydrogen-bond acceptors (Lipinski definition) is 1. The number of benzene rings is 1. The predicted molar refractivity (Wildman–Crippen MR) is 71.4 cm³/mol. The van der Waals surface area contributed by atoms with Crippen LogP contribution in [0.4, 0.5) is 0 Å². The van der Waals surface area contributed by atoms with Gasteiger partial charge in [-0.05, 0) is 54.1 Å². The van der Waals surface area contributed by atoms with Crippen LogP contribution in [-0.2, 0) is 0 Å².